The first-order chi connectivity index (χ1) is 21.3. The Kier molecular flexibility index (Phi) is 5.23. The minimum Gasteiger partial charge on any atom is -0.292 e. The van der Waals surface area contributed by atoms with E-state index in [0.717, 1.165) is 28.1 Å². The zero-order valence-electron chi connectivity index (χ0n) is 23.4. The van der Waals surface area contributed by atoms with Gasteiger partial charge < -0.3 is 0 Å². The van der Waals surface area contributed by atoms with Gasteiger partial charge in [0.15, 0.2) is 0 Å². The number of hydrogen-bond donors (Lipinski definition) is 0. The van der Waals surface area contributed by atoms with E-state index in [1.165, 1.54) is 54.6 Å². The van der Waals surface area contributed by atoms with E-state index >= 15 is 0 Å². The predicted octanol–water partition coefficient (Wildman–Crippen LogP) is 10.9. The van der Waals surface area contributed by atoms with Gasteiger partial charge in [0.25, 0.3) is 0 Å². The molecule has 0 aliphatic carbocycles. The molecule has 0 saturated heterocycles. The molecule has 0 spiro atoms. The van der Waals surface area contributed by atoms with E-state index in [2.05, 4.69) is 162 Å². The summed E-state index contributed by atoms with van der Waals surface area (Å²) in [5.74, 6) is 0.941. The lowest BCUT2D eigenvalue weighted by molar-refractivity contribution is 1.10. The second-order valence-corrected chi connectivity index (χ2v) is 11.2. The van der Waals surface area contributed by atoms with Crippen LogP contribution in [-0.4, -0.2) is 9.55 Å². The van der Waals surface area contributed by atoms with Gasteiger partial charge in [0.1, 0.15) is 5.82 Å². The quantitative estimate of drug-likeness (QED) is 0.201. The summed E-state index contributed by atoms with van der Waals surface area (Å²) in [7, 11) is 0. The first-order valence-corrected chi connectivity index (χ1v) is 14.7. The molecular weight excluding hydrogens is 520 g/mol. The number of aromatic nitrogens is 2. The van der Waals surface area contributed by atoms with E-state index in [1.54, 1.807) is 0 Å². The third kappa shape index (κ3) is 3.77. The van der Waals surface area contributed by atoms with Crippen molar-refractivity contribution in [3.63, 3.8) is 0 Å². The van der Waals surface area contributed by atoms with Crippen molar-refractivity contribution in [3.8, 4) is 39.3 Å². The molecule has 0 bridgehead atoms. The van der Waals surface area contributed by atoms with Crippen molar-refractivity contribution >= 4 is 43.4 Å². The SMILES string of the molecule is c1ccc(-c2ccc(-c3nc4ccccc4n3-c3ccc(-c4ccc5ccc6cccc7ccc4c5c67)cc3)cc2)cc1. The first-order valence-electron chi connectivity index (χ1n) is 14.7. The lowest BCUT2D eigenvalue weighted by Crippen LogP contribution is -1.97. The van der Waals surface area contributed by atoms with Crippen LogP contribution in [0.4, 0.5) is 0 Å². The molecule has 43 heavy (non-hydrogen) atoms. The molecule has 2 heteroatoms. The summed E-state index contributed by atoms with van der Waals surface area (Å²) in [5.41, 5.74) is 9.14. The van der Waals surface area contributed by atoms with E-state index in [-0.39, 0.29) is 0 Å². The van der Waals surface area contributed by atoms with Crippen LogP contribution in [0.1, 0.15) is 0 Å². The van der Waals surface area contributed by atoms with E-state index in [9.17, 15) is 0 Å². The Labute approximate surface area is 249 Å². The largest absolute Gasteiger partial charge is 0.292 e. The summed E-state index contributed by atoms with van der Waals surface area (Å²) in [6.45, 7) is 0. The fourth-order valence-corrected chi connectivity index (χ4v) is 6.70. The van der Waals surface area contributed by atoms with E-state index in [1.807, 2.05) is 0 Å². The predicted molar refractivity (Wildman–Crippen MR) is 181 cm³/mol. The van der Waals surface area contributed by atoms with Gasteiger partial charge in [0, 0.05) is 11.3 Å². The average Bonchev–Trinajstić information content (AvgIpc) is 3.47. The molecule has 0 aliphatic heterocycles. The zero-order chi connectivity index (χ0) is 28.3. The molecule has 0 N–H and O–H groups in total. The van der Waals surface area contributed by atoms with Gasteiger partial charge in [0.05, 0.1) is 11.0 Å². The molecule has 8 aromatic carbocycles. The molecular formula is C41H26N2. The fourth-order valence-electron chi connectivity index (χ4n) is 6.70. The zero-order valence-corrected chi connectivity index (χ0v) is 23.4. The molecule has 200 valence electrons. The Bertz CT molecular complexity index is 2400. The molecule has 0 unspecified atom stereocenters. The first kappa shape index (κ1) is 23.9. The van der Waals surface area contributed by atoms with E-state index in [0.29, 0.717) is 0 Å². The maximum absolute atomic E-state index is 5.09. The van der Waals surface area contributed by atoms with Crippen LogP contribution < -0.4 is 0 Å². The fraction of sp³-hybridized carbons (Fsp3) is 0. The van der Waals surface area contributed by atoms with Crippen molar-refractivity contribution in [1.82, 2.24) is 9.55 Å². The van der Waals surface area contributed by atoms with Crippen LogP contribution in [-0.2, 0) is 0 Å². The van der Waals surface area contributed by atoms with Gasteiger partial charge >= 0.3 is 0 Å². The van der Waals surface area contributed by atoms with E-state index in [4.69, 9.17) is 4.98 Å². The van der Waals surface area contributed by atoms with Gasteiger partial charge in [0.2, 0.25) is 0 Å². The van der Waals surface area contributed by atoms with Gasteiger partial charge in [-0.25, -0.2) is 4.98 Å². The Morgan fingerprint density at radius 1 is 0.395 bits per heavy atom. The van der Waals surface area contributed by atoms with Crippen LogP contribution in [0.3, 0.4) is 0 Å². The lowest BCUT2D eigenvalue weighted by atomic mass is 9.90. The van der Waals surface area contributed by atoms with Crippen molar-refractivity contribution in [2.45, 2.75) is 0 Å². The third-order valence-electron chi connectivity index (χ3n) is 8.78. The highest BCUT2D eigenvalue weighted by atomic mass is 15.1. The number of imidazole rings is 1. The molecule has 0 amide bonds. The van der Waals surface area contributed by atoms with Gasteiger partial charge in [-0.2, -0.15) is 0 Å². The standard InChI is InChI=1S/C41H26N2/c1-2-7-27(8-3-1)28-13-17-33(18-14-28)41-42-37-11-4-5-12-38(37)43(41)34-23-19-29(20-24-34)35-25-21-32-16-15-30-9-6-10-31-22-26-36(35)40(32)39(30)31/h1-26H. The van der Waals surface area contributed by atoms with Gasteiger partial charge in [-0.3, -0.25) is 4.57 Å². The number of rotatable bonds is 4. The van der Waals surface area contributed by atoms with Crippen molar-refractivity contribution in [2.24, 2.45) is 0 Å². The molecule has 0 saturated carbocycles. The van der Waals surface area contributed by atoms with Crippen molar-refractivity contribution < 1.29 is 0 Å². The van der Waals surface area contributed by atoms with Crippen LogP contribution in [0.25, 0.3) is 82.7 Å². The average molecular weight is 547 g/mol. The van der Waals surface area contributed by atoms with Crippen LogP contribution in [0, 0.1) is 0 Å². The van der Waals surface area contributed by atoms with Crippen LogP contribution in [0.2, 0.25) is 0 Å². The summed E-state index contributed by atoms with van der Waals surface area (Å²) in [4.78, 5) is 5.09. The smallest absolute Gasteiger partial charge is 0.145 e. The topological polar surface area (TPSA) is 17.8 Å². The van der Waals surface area contributed by atoms with Crippen molar-refractivity contribution in [1.29, 1.82) is 0 Å². The Morgan fingerprint density at radius 2 is 1.00 bits per heavy atom. The number of hydrogen-bond acceptors (Lipinski definition) is 1. The van der Waals surface area contributed by atoms with Crippen molar-refractivity contribution in [2.75, 3.05) is 0 Å². The minimum atomic E-state index is 0.941. The van der Waals surface area contributed by atoms with E-state index < -0.39 is 0 Å². The highest BCUT2D eigenvalue weighted by molar-refractivity contribution is 6.25. The van der Waals surface area contributed by atoms with Gasteiger partial charge in [-0.15, -0.1) is 0 Å². The molecule has 2 nitrogen and oxygen atoms in total. The van der Waals surface area contributed by atoms with Gasteiger partial charge in [-0.05, 0) is 78.8 Å². The Hall–Kier alpha value is -5.73. The minimum absolute atomic E-state index is 0.941. The molecule has 0 atom stereocenters. The number of fused-ring (bicyclic) bond motifs is 1. The summed E-state index contributed by atoms with van der Waals surface area (Å²) < 4.78 is 2.28. The molecule has 9 aromatic rings. The Balaban J connectivity index is 1.17. The van der Waals surface area contributed by atoms with Crippen molar-refractivity contribution in [3.05, 3.63) is 158 Å². The molecule has 9 rings (SSSR count). The Morgan fingerprint density at radius 3 is 1.79 bits per heavy atom. The second-order valence-electron chi connectivity index (χ2n) is 11.2. The van der Waals surface area contributed by atoms with Crippen LogP contribution >= 0.6 is 0 Å². The lowest BCUT2D eigenvalue weighted by Gasteiger charge is -2.15. The molecule has 1 aromatic heterocycles. The maximum atomic E-state index is 5.09. The highest BCUT2D eigenvalue weighted by Crippen LogP contribution is 2.39. The van der Waals surface area contributed by atoms with Crippen LogP contribution in [0.15, 0.2) is 158 Å². The summed E-state index contributed by atoms with van der Waals surface area (Å²) in [6, 6.07) is 56.7. The second kappa shape index (κ2) is 9.40. The number of nitrogens with zero attached hydrogens (tertiary/aromatic N) is 2. The number of benzene rings is 8. The summed E-state index contributed by atoms with van der Waals surface area (Å²) in [5, 5.41) is 7.86. The monoisotopic (exact) mass is 546 g/mol. The van der Waals surface area contributed by atoms with Crippen LogP contribution in [0.5, 0.6) is 0 Å². The molecule has 0 aliphatic rings. The summed E-state index contributed by atoms with van der Waals surface area (Å²) >= 11 is 0. The third-order valence-corrected chi connectivity index (χ3v) is 8.78. The highest BCUT2D eigenvalue weighted by Gasteiger charge is 2.16. The molecule has 1 heterocycles. The van der Waals surface area contributed by atoms with Gasteiger partial charge in [-0.1, -0.05) is 133 Å². The number of para-hydroxylation sites is 2. The maximum Gasteiger partial charge on any atom is 0.145 e. The molecule has 0 fully saturated rings. The molecule has 0 radical (unpaired) electrons. The summed E-state index contributed by atoms with van der Waals surface area (Å²) in [6.07, 6.45) is 0. The normalized spacial score (nSPS) is 11.7.